The fourth-order valence-electron chi connectivity index (χ4n) is 1.80. The first-order valence-electron chi connectivity index (χ1n) is 5.70. The molecule has 0 fully saturated rings. The highest BCUT2D eigenvalue weighted by atomic mass is 19.1. The van der Waals surface area contributed by atoms with Crippen LogP contribution in [0.2, 0.25) is 0 Å². The molecule has 4 heteroatoms. The van der Waals surface area contributed by atoms with Gasteiger partial charge in [0.25, 0.3) is 0 Å². The topological polar surface area (TPSA) is 48.9 Å². The lowest BCUT2D eigenvalue weighted by Crippen LogP contribution is -1.92. The average Bonchev–Trinajstić information content (AvgIpc) is 2.60. The summed E-state index contributed by atoms with van der Waals surface area (Å²) < 4.78 is 13.0. The van der Waals surface area contributed by atoms with Crippen molar-refractivity contribution in [2.24, 2.45) is 0 Å². The molecule has 90 valence electrons. The molecular weight excluding hydrogens is 219 g/mol. The lowest BCUT2D eigenvalue weighted by atomic mass is 10.1. The molecule has 17 heavy (non-hydrogen) atoms. The van der Waals surface area contributed by atoms with Crippen molar-refractivity contribution in [3.63, 3.8) is 0 Å². The molecular formula is C13H15FN2O. The summed E-state index contributed by atoms with van der Waals surface area (Å²) in [6, 6.07) is 6.38. The molecule has 0 bridgehead atoms. The molecule has 1 aromatic heterocycles. The lowest BCUT2D eigenvalue weighted by molar-refractivity contribution is 0.448. The van der Waals surface area contributed by atoms with Crippen LogP contribution in [0.25, 0.3) is 0 Å². The minimum Gasteiger partial charge on any atom is -0.492 e. The number of rotatable bonds is 4. The molecule has 0 aliphatic rings. The van der Waals surface area contributed by atoms with Crippen molar-refractivity contribution >= 4 is 0 Å². The molecule has 0 amide bonds. The van der Waals surface area contributed by atoms with Crippen LogP contribution < -0.4 is 0 Å². The van der Waals surface area contributed by atoms with Crippen LogP contribution in [-0.2, 0) is 12.8 Å². The van der Waals surface area contributed by atoms with E-state index in [1.165, 1.54) is 12.1 Å². The molecule has 0 saturated heterocycles. The van der Waals surface area contributed by atoms with E-state index in [0.717, 1.165) is 24.1 Å². The molecule has 1 aromatic carbocycles. The van der Waals surface area contributed by atoms with E-state index in [-0.39, 0.29) is 11.7 Å². The van der Waals surface area contributed by atoms with Gasteiger partial charge < -0.3 is 10.1 Å². The van der Waals surface area contributed by atoms with Crippen LogP contribution in [0, 0.1) is 5.82 Å². The predicted molar refractivity (Wildman–Crippen MR) is 63.5 cm³/mol. The number of aromatic nitrogens is 2. The Kier molecular flexibility index (Phi) is 3.42. The molecule has 0 radical (unpaired) electrons. The molecule has 0 atom stereocenters. The maximum absolute atomic E-state index is 13.0. The number of aromatic amines is 1. The summed E-state index contributed by atoms with van der Waals surface area (Å²) in [6.07, 6.45) is 2.20. The van der Waals surface area contributed by atoms with E-state index in [2.05, 4.69) is 9.97 Å². The Morgan fingerprint density at radius 1 is 1.41 bits per heavy atom. The minimum absolute atomic E-state index is 0.0539. The molecule has 0 saturated carbocycles. The molecule has 2 N–H and O–H groups in total. The maximum atomic E-state index is 13.0. The van der Waals surface area contributed by atoms with Crippen molar-refractivity contribution in [1.82, 2.24) is 9.97 Å². The highest BCUT2D eigenvalue weighted by Gasteiger charge is 2.08. The molecule has 0 aliphatic carbocycles. The number of aromatic hydroxyl groups is 1. The van der Waals surface area contributed by atoms with Gasteiger partial charge in [0.05, 0.1) is 5.69 Å². The van der Waals surface area contributed by atoms with Crippen molar-refractivity contribution < 1.29 is 9.50 Å². The first-order valence-corrected chi connectivity index (χ1v) is 5.70. The van der Waals surface area contributed by atoms with E-state index in [4.69, 9.17) is 0 Å². The molecule has 3 nitrogen and oxygen atoms in total. The van der Waals surface area contributed by atoms with Crippen molar-refractivity contribution in [3.05, 3.63) is 47.2 Å². The first-order chi connectivity index (χ1) is 8.19. The van der Waals surface area contributed by atoms with Gasteiger partial charge in [0, 0.05) is 6.42 Å². The largest absolute Gasteiger partial charge is 0.492 e. The van der Waals surface area contributed by atoms with Crippen LogP contribution >= 0.6 is 0 Å². The third kappa shape index (κ3) is 2.84. The third-order valence-electron chi connectivity index (χ3n) is 2.57. The summed E-state index contributed by atoms with van der Waals surface area (Å²) in [6.45, 7) is 2.03. The number of halogens is 1. The molecule has 0 spiro atoms. The number of H-pyrrole nitrogens is 1. The van der Waals surface area contributed by atoms with E-state index < -0.39 is 0 Å². The second-order valence-electron chi connectivity index (χ2n) is 4.04. The normalized spacial score (nSPS) is 10.7. The lowest BCUT2D eigenvalue weighted by Gasteiger charge is -1.98. The standard InChI is InChI=1S/C13H15FN2O/c1-2-4-11-13(17)16-12(15-11)8-9-5-3-6-10(14)7-9/h3,5-7,17H,2,4,8H2,1H3,(H,15,16). The van der Waals surface area contributed by atoms with E-state index in [0.29, 0.717) is 12.2 Å². The van der Waals surface area contributed by atoms with Gasteiger partial charge in [-0.1, -0.05) is 25.5 Å². The smallest absolute Gasteiger partial charge is 0.232 e. The molecule has 1 heterocycles. The van der Waals surface area contributed by atoms with E-state index in [1.54, 1.807) is 6.07 Å². The fourth-order valence-corrected chi connectivity index (χ4v) is 1.80. The Morgan fingerprint density at radius 3 is 2.94 bits per heavy atom. The summed E-state index contributed by atoms with van der Waals surface area (Å²) in [5.74, 6) is 0.460. The second-order valence-corrected chi connectivity index (χ2v) is 4.04. The Morgan fingerprint density at radius 2 is 2.24 bits per heavy atom. The van der Waals surface area contributed by atoms with Gasteiger partial charge in [0.1, 0.15) is 11.6 Å². The first kappa shape index (κ1) is 11.6. The van der Waals surface area contributed by atoms with Crippen molar-refractivity contribution in [1.29, 1.82) is 0 Å². The zero-order valence-corrected chi connectivity index (χ0v) is 9.70. The zero-order valence-electron chi connectivity index (χ0n) is 9.70. The quantitative estimate of drug-likeness (QED) is 0.854. The minimum atomic E-state index is -0.257. The van der Waals surface area contributed by atoms with Crippen molar-refractivity contribution in [3.8, 4) is 5.88 Å². The number of imidazole rings is 1. The van der Waals surface area contributed by atoms with Gasteiger partial charge >= 0.3 is 0 Å². The van der Waals surface area contributed by atoms with Crippen LogP contribution in [0.4, 0.5) is 4.39 Å². The van der Waals surface area contributed by atoms with Gasteiger partial charge in [-0.05, 0) is 24.1 Å². The predicted octanol–water partition coefficient (Wildman–Crippen LogP) is 2.80. The van der Waals surface area contributed by atoms with Crippen LogP contribution in [0.15, 0.2) is 24.3 Å². The monoisotopic (exact) mass is 234 g/mol. The van der Waals surface area contributed by atoms with E-state index in [1.807, 2.05) is 13.0 Å². The number of hydrogen-bond donors (Lipinski definition) is 2. The van der Waals surface area contributed by atoms with Crippen molar-refractivity contribution in [2.45, 2.75) is 26.2 Å². The van der Waals surface area contributed by atoms with Gasteiger partial charge in [-0.2, -0.15) is 4.98 Å². The highest BCUT2D eigenvalue weighted by molar-refractivity contribution is 5.25. The molecule has 2 aromatic rings. The Hall–Kier alpha value is -1.84. The van der Waals surface area contributed by atoms with Crippen LogP contribution in [0.5, 0.6) is 5.88 Å². The van der Waals surface area contributed by atoms with Gasteiger partial charge in [-0.25, -0.2) is 4.39 Å². The Balaban J connectivity index is 2.16. The number of aryl methyl sites for hydroxylation is 1. The summed E-state index contributed by atoms with van der Waals surface area (Å²) in [4.78, 5) is 7.10. The maximum Gasteiger partial charge on any atom is 0.232 e. The van der Waals surface area contributed by atoms with Gasteiger partial charge in [0.15, 0.2) is 0 Å². The Labute approximate surface area is 99.3 Å². The highest BCUT2D eigenvalue weighted by Crippen LogP contribution is 2.17. The SMILES string of the molecule is CCCc1[nH]c(Cc2cccc(F)c2)nc1O. The van der Waals surface area contributed by atoms with Crippen LogP contribution in [0.3, 0.4) is 0 Å². The summed E-state index contributed by atoms with van der Waals surface area (Å²) in [5, 5.41) is 9.58. The number of hydrogen-bond acceptors (Lipinski definition) is 2. The summed E-state index contributed by atoms with van der Waals surface area (Å²) in [5.41, 5.74) is 1.58. The molecule has 0 unspecified atom stereocenters. The van der Waals surface area contributed by atoms with E-state index >= 15 is 0 Å². The zero-order chi connectivity index (χ0) is 12.3. The summed E-state index contributed by atoms with van der Waals surface area (Å²) >= 11 is 0. The Bertz CT molecular complexity index is 508. The molecule has 2 rings (SSSR count). The fraction of sp³-hybridized carbons (Fsp3) is 0.308. The van der Waals surface area contributed by atoms with Gasteiger partial charge in [0.2, 0.25) is 5.88 Å². The van der Waals surface area contributed by atoms with Crippen LogP contribution in [0.1, 0.15) is 30.4 Å². The summed E-state index contributed by atoms with van der Waals surface area (Å²) in [7, 11) is 0. The van der Waals surface area contributed by atoms with E-state index in [9.17, 15) is 9.50 Å². The van der Waals surface area contributed by atoms with Crippen molar-refractivity contribution in [2.75, 3.05) is 0 Å². The average molecular weight is 234 g/mol. The number of nitrogens with one attached hydrogen (secondary N) is 1. The third-order valence-corrected chi connectivity index (χ3v) is 2.57. The van der Waals surface area contributed by atoms with Gasteiger partial charge in [-0.3, -0.25) is 0 Å². The second kappa shape index (κ2) is 4.99. The van der Waals surface area contributed by atoms with Gasteiger partial charge in [-0.15, -0.1) is 0 Å². The van der Waals surface area contributed by atoms with Crippen LogP contribution in [-0.4, -0.2) is 15.1 Å². The number of nitrogens with zero attached hydrogens (tertiary/aromatic N) is 1. The molecule has 0 aliphatic heterocycles. The number of benzene rings is 1.